The van der Waals surface area contributed by atoms with Crippen LogP contribution in [0.5, 0.6) is 0 Å². The van der Waals surface area contributed by atoms with E-state index in [0.29, 0.717) is 31.9 Å². The minimum atomic E-state index is -0.466. The van der Waals surface area contributed by atoms with E-state index in [1.54, 1.807) is 12.3 Å². The maximum atomic E-state index is 13.0. The third kappa shape index (κ3) is 3.68. The summed E-state index contributed by atoms with van der Waals surface area (Å²) in [6.07, 6.45) is 3.16. The molecule has 0 unspecified atom stereocenters. The van der Waals surface area contributed by atoms with E-state index in [1.165, 1.54) is 0 Å². The molecule has 0 atom stereocenters. The molecule has 2 aromatic rings. The molecule has 6 nitrogen and oxygen atoms in total. The molecule has 1 aromatic heterocycles. The van der Waals surface area contributed by atoms with Crippen molar-refractivity contribution in [3.05, 3.63) is 54.2 Å². The highest BCUT2D eigenvalue weighted by Gasteiger charge is 2.40. The number of anilines is 2. The third-order valence-electron chi connectivity index (χ3n) is 5.28. The molecular weight excluding hydrogens is 342 g/mol. The maximum absolute atomic E-state index is 13.0. The Bertz CT molecular complexity index is 780. The number of ether oxygens (including phenoxy) is 2. The van der Waals surface area contributed by atoms with Crippen LogP contribution in [-0.2, 0) is 9.47 Å². The number of carbonyl (C=O) groups excluding carboxylic acids is 1. The quantitative estimate of drug-likeness (QED) is 0.831. The Morgan fingerprint density at radius 1 is 1.15 bits per heavy atom. The van der Waals surface area contributed by atoms with Gasteiger partial charge in [-0.3, -0.25) is 4.79 Å². The normalized spacial score (nSPS) is 18.6. The van der Waals surface area contributed by atoms with Crippen molar-refractivity contribution in [1.29, 1.82) is 0 Å². The molecule has 2 saturated heterocycles. The van der Waals surface area contributed by atoms with Crippen LogP contribution in [0.15, 0.2) is 48.7 Å². The first kappa shape index (κ1) is 17.9. The fourth-order valence-corrected chi connectivity index (χ4v) is 3.80. The first-order valence-electron chi connectivity index (χ1n) is 9.57. The molecule has 2 aliphatic heterocycles. The SMILES string of the molecule is CCN(c1ccccc1)c1cc(C(=O)N2CCC3(CC2)OCCO3)ccn1. The van der Waals surface area contributed by atoms with E-state index in [4.69, 9.17) is 9.47 Å². The molecule has 27 heavy (non-hydrogen) atoms. The van der Waals surface area contributed by atoms with Crippen molar-refractivity contribution in [3.8, 4) is 0 Å². The van der Waals surface area contributed by atoms with Crippen LogP contribution in [0, 0.1) is 0 Å². The Morgan fingerprint density at radius 3 is 2.52 bits per heavy atom. The zero-order valence-electron chi connectivity index (χ0n) is 15.6. The summed E-state index contributed by atoms with van der Waals surface area (Å²) >= 11 is 0. The molecule has 3 heterocycles. The molecule has 4 rings (SSSR count). The van der Waals surface area contributed by atoms with Crippen molar-refractivity contribution in [3.63, 3.8) is 0 Å². The minimum absolute atomic E-state index is 0.0376. The Labute approximate surface area is 159 Å². The van der Waals surface area contributed by atoms with Crippen LogP contribution in [0.3, 0.4) is 0 Å². The zero-order valence-corrected chi connectivity index (χ0v) is 15.6. The van der Waals surface area contributed by atoms with Crippen molar-refractivity contribution < 1.29 is 14.3 Å². The number of rotatable bonds is 4. The average Bonchev–Trinajstić information content (AvgIpc) is 3.18. The molecule has 0 aliphatic carbocycles. The van der Waals surface area contributed by atoms with Crippen molar-refractivity contribution in [2.24, 2.45) is 0 Å². The van der Waals surface area contributed by atoms with E-state index in [2.05, 4.69) is 16.8 Å². The summed E-state index contributed by atoms with van der Waals surface area (Å²) in [5.74, 6) is 0.355. The summed E-state index contributed by atoms with van der Waals surface area (Å²) in [4.78, 5) is 21.5. The molecule has 2 fully saturated rings. The van der Waals surface area contributed by atoms with Crippen LogP contribution in [0.4, 0.5) is 11.5 Å². The lowest BCUT2D eigenvalue weighted by Gasteiger charge is -2.37. The van der Waals surface area contributed by atoms with E-state index in [-0.39, 0.29) is 5.91 Å². The Kier molecular flexibility index (Phi) is 5.09. The second-order valence-corrected chi connectivity index (χ2v) is 6.88. The van der Waals surface area contributed by atoms with Gasteiger partial charge in [-0.1, -0.05) is 18.2 Å². The number of hydrogen-bond acceptors (Lipinski definition) is 5. The fourth-order valence-electron chi connectivity index (χ4n) is 3.80. The zero-order chi connectivity index (χ0) is 18.7. The number of hydrogen-bond donors (Lipinski definition) is 0. The largest absolute Gasteiger partial charge is 0.347 e. The van der Waals surface area contributed by atoms with Gasteiger partial charge in [0.1, 0.15) is 5.82 Å². The van der Waals surface area contributed by atoms with Crippen LogP contribution >= 0.6 is 0 Å². The van der Waals surface area contributed by atoms with Gasteiger partial charge in [-0.25, -0.2) is 4.98 Å². The molecule has 6 heteroatoms. The minimum Gasteiger partial charge on any atom is -0.347 e. The van der Waals surface area contributed by atoms with Gasteiger partial charge in [-0.2, -0.15) is 0 Å². The van der Waals surface area contributed by atoms with Crippen LogP contribution < -0.4 is 4.90 Å². The van der Waals surface area contributed by atoms with Gasteiger partial charge in [0.2, 0.25) is 0 Å². The monoisotopic (exact) mass is 367 g/mol. The van der Waals surface area contributed by atoms with Crippen LogP contribution in [-0.4, -0.2) is 54.4 Å². The molecule has 0 radical (unpaired) electrons. The molecule has 0 N–H and O–H groups in total. The van der Waals surface area contributed by atoms with Crippen molar-refractivity contribution in [1.82, 2.24) is 9.88 Å². The van der Waals surface area contributed by atoms with Crippen molar-refractivity contribution >= 4 is 17.4 Å². The molecule has 0 bridgehead atoms. The number of amides is 1. The number of likely N-dealkylation sites (tertiary alicyclic amines) is 1. The number of nitrogens with zero attached hydrogens (tertiary/aromatic N) is 3. The predicted octanol–water partition coefficient (Wildman–Crippen LogP) is 3.22. The second kappa shape index (κ2) is 7.66. The molecule has 0 saturated carbocycles. The van der Waals surface area contributed by atoms with Crippen LogP contribution in [0.2, 0.25) is 0 Å². The van der Waals surface area contributed by atoms with Gasteiger partial charge in [0.05, 0.1) is 13.2 Å². The van der Waals surface area contributed by atoms with Gasteiger partial charge < -0.3 is 19.3 Å². The van der Waals surface area contributed by atoms with Gasteiger partial charge >= 0.3 is 0 Å². The van der Waals surface area contributed by atoms with Gasteiger partial charge in [0.25, 0.3) is 5.91 Å². The summed E-state index contributed by atoms with van der Waals surface area (Å²) in [6.45, 7) is 5.44. The second-order valence-electron chi connectivity index (χ2n) is 6.88. The van der Waals surface area contributed by atoms with Crippen LogP contribution in [0.25, 0.3) is 0 Å². The van der Waals surface area contributed by atoms with Gasteiger partial charge in [-0.15, -0.1) is 0 Å². The Morgan fingerprint density at radius 2 is 1.85 bits per heavy atom. The van der Waals surface area contributed by atoms with E-state index >= 15 is 0 Å². The molecule has 1 aromatic carbocycles. The topological polar surface area (TPSA) is 54.9 Å². The molecule has 1 spiro atoms. The number of piperidine rings is 1. The first-order chi connectivity index (χ1) is 13.2. The van der Waals surface area contributed by atoms with Gasteiger partial charge in [0, 0.05) is 49.9 Å². The summed E-state index contributed by atoms with van der Waals surface area (Å²) in [5.41, 5.74) is 1.73. The lowest BCUT2D eigenvalue weighted by atomic mass is 10.0. The molecule has 2 aliphatic rings. The lowest BCUT2D eigenvalue weighted by molar-refractivity contribution is -0.181. The van der Waals surface area contributed by atoms with E-state index in [9.17, 15) is 4.79 Å². The van der Waals surface area contributed by atoms with E-state index in [0.717, 1.165) is 30.9 Å². The third-order valence-corrected chi connectivity index (χ3v) is 5.28. The number of carbonyl (C=O) groups is 1. The summed E-state index contributed by atoms with van der Waals surface area (Å²) in [5, 5.41) is 0. The first-order valence-corrected chi connectivity index (χ1v) is 9.57. The lowest BCUT2D eigenvalue weighted by Crippen LogP contribution is -2.47. The fraction of sp³-hybridized carbons (Fsp3) is 0.429. The van der Waals surface area contributed by atoms with Crippen molar-refractivity contribution in [2.45, 2.75) is 25.6 Å². The van der Waals surface area contributed by atoms with Gasteiger partial charge in [-0.05, 0) is 31.2 Å². The number of para-hydroxylation sites is 1. The number of benzene rings is 1. The summed E-state index contributed by atoms with van der Waals surface area (Å²) < 4.78 is 11.5. The number of pyridine rings is 1. The van der Waals surface area contributed by atoms with E-state index < -0.39 is 5.79 Å². The molecular formula is C21H25N3O3. The summed E-state index contributed by atoms with van der Waals surface area (Å²) in [7, 11) is 0. The van der Waals surface area contributed by atoms with Crippen molar-refractivity contribution in [2.75, 3.05) is 37.7 Å². The summed E-state index contributed by atoms with van der Waals surface area (Å²) in [6, 6.07) is 13.8. The Hall–Kier alpha value is -2.44. The Balaban J connectivity index is 1.49. The smallest absolute Gasteiger partial charge is 0.254 e. The van der Waals surface area contributed by atoms with Gasteiger partial charge in [0.15, 0.2) is 5.79 Å². The maximum Gasteiger partial charge on any atom is 0.254 e. The predicted molar refractivity (Wildman–Crippen MR) is 103 cm³/mol. The highest BCUT2D eigenvalue weighted by atomic mass is 16.7. The highest BCUT2D eigenvalue weighted by molar-refractivity contribution is 5.95. The van der Waals surface area contributed by atoms with E-state index in [1.807, 2.05) is 41.3 Å². The average molecular weight is 367 g/mol. The number of aromatic nitrogens is 1. The van der Waals surface area contributed by atoms with Crippen LogP contribution in [0.1, 0.15) is 30.1 Å². The molecule has 1 amide bonds. The standard InChI is InChI=1S/C21H25N3O3/c1-2-24(18-6-4-3-5-7-18)19-16-17(8-11-22-19)20(25)23-12-9-21(10-13-23)26-14-15-27-21/h3-8,11,16H,2,9-10,12-15H2,1H3. The highest BCUT2D eigenvalue weighted by Crippen LogP contribution is 2.32. The molecule has 142 valence electrons.